The SMILES string of the molecule is CCOC(=O)[C@]12CC(O[Si](C)(C)C)=C[C@@H](OC)[C@@]1(C(=O)OCc1ccccc1)C(=O)C=C(c1ccccc1)O2. The predicted molar refractivity (Wildman–Crippen MR) is 146 cm³/mol. The minimum atomic E-state index is -2.21. The standard InChI is InChI=1S/C30H34O8Si/c1-6-35-27(32)29-19-23(38-39(3,4)5)17-26(34-2)30(29,28(33)36-20-21-13-9-7-10-14-21)25(31)18-24(37-29)22-15-11-8-12-16-22/h7-18,26H,6,19-20H2,1-5H3/t26-,29-,30-/m1/s1. The normalized spacial score (nSPS) is 24.4. The average molecular weight is 551 g/mol. The van der Waals surface area contributed by atoms with E-state index in [0.29, 0.717) is 11.3 Å². The van der Waals surface area contributed by atoms with E-state index in [1.54, 1.807) is 49.4 Å². The van der Waals surface area contributed by atoms with Crippen molar-refractivity contribution in [1.82, 2.24) is 0 Å². The van der Waals surface area contributed by atoms with Gasteiger partial charge in [0.05, 0.1) is 18.8 Å². The van der Waals surface area contributed by atoms with Crippen molar-refractivity contribution in [3.05, 3.63) is 89.7 Å². The summed E-state index contributed by atoms with van der Waals surface area (Å²) in [5.74, 6) is -1.95. The lowest BCUT2D eigenvalue weighted by atomic mass is 9.59. The Hall–Kier alpha value is -3.69. The fourth-order valence-electron chi connectivity index (χ4n) is 5.07. The maximum absolute atomic E-state index is 14.3. The molecule has 0 bridgehead atoms. The maximum Gasteiger partial charge on any atom is 0.352 e. The first kappa shape index (κ1) is 28.3. The lowest BCUT2D eigenvalue weighted by Gasteiger charge is -2.52. The first-order valence-corrected chi connectivity index (χ1v) is 16.3. The molecule has 2 aromatic carbocycles. The molecule has 0 unspecified atom stereocenters. The van der Waals surface area contributed by atoms with Gasteiger partial charge in [-0.25, -0.2) is 4.79 Å². The summed E-state index contributed by atoms with van der Waals surface area (Å²) in [6, 6.07) is 18.0. The van der Waals surface area contributed by atoms with Gasteiger partial charge >= 0.3 is 11.9 Å². The third-order valence-corrected chi connectivity index (χ3v) is 7.52. The number of fused-ring (bicyclic) bond motifs is 1. The van der Waals surface area contributed by atoms with E-state index in [0.717, 1.165) is 5.56 Å². The van der Waals surface area contributed by atoms with Gasteiger partial charge in [0, 0.05) is 18.7 Å². The number of carbonyl (C=O) groups excluding carboxylic acids is 3. The number of allylic oxidation sites excluding steroid dienone is 1. The molecule has 0 radical (unpaired) electrons. The summed E-state index contributed by atoms with van der Waals surface area (Å²) in [7, 11) is -0.820. The van der Waals surface area contributed by atoms with E-state index in [4.69, 9.17) is 23.4 Å². The Bertz CT molecular complexity index is 1280. The second-order valence-electron chi connectivity index (χ2n) is 10.4. The molecular formula is C30H34O8Si. The van der Waals surface area contributed by atoms with Crippen LogP contribution in [0.3, 0.4) is 0 Å². The van der Waals surface area contributed by atoms with Crippen molar-refractivity contribution in [2.75, 3.05) is 13.7 Å². The molecule has 0 amide bonds. The second kappa shape index (κ2) is 11.2. The van der Waals surface area contributed by atoms with E-state index in [-0.39, 0.29) is 25.4 Å². The minimum Gasteiger partial charge on any atom is -0.547 e. The number of hydrogen-bond acceptors (Lipinski definition) is 8. The molecule has 0 saturated carbocycles. The van der Waals surface area contributed by atoms with Crippen LogP contribution < -0.4 is 0 Å². The van der Waals surface area contributed by atoms with E-state index in [2.05, 4.69) is 0 Å². The number of methoxy groups -OCH3 is 1. The molecule has 2 aromatic rings. The Kier molecular flexibility index (Phi) is 8.13. The van der Waals surface area contributed by atoms with Crippen molar-refractivity contribution in [3.63, 3.8) is 0 Å². The number of benzene rings is 2. The van der Waals surface area contributed by atoms with E-state index >= 15 is 0 Å². The molecule has 1 aliphatic heterocycles. The van der Waals surface area contributed by atoms with Crippen LogP contribution in [-0.2, 0) is 44.4 Å². The molecule has 2 aliphatic rings. The van der Waals surface area contributed by atoms with Crippen LogP contribution in [0.1, 0.15) is 24.5 Å². The summed E-state index contributed by atoms with van der Waals surface area (Å²) in [4.78, 5) is 42.4. The highest BCUT2D eigenvalue weighted by Gasteiger charge is 2.76. The van der Waals surface area contributed by atoms with Crippen LogP contribution in [0.2, 0.25) is 19.6 Å². The molecule has 0 saturated heterocycles. The van der Waals surface area contributed by atoms with Crippen LogP contribution >= 0.6 is 0 Å². The largest absolute Gasteiger partial charge is 0.547 e. The monoisotopic (exact) mass is 550 g/mol. The summed E-state index contributed by atoms with van der Waals surface area (Å²) in [5.41, 5.74) is -3.07. The van der Waals surface area contributed by atoms with Gasteiger partial charge in [0.15, 0.2) is 5.78 Å². The van der Waals surface area contributed by atoms with Crippen LogP contribution in [0.5, 0.6) is 0 Å². The average Bonchev–Trinajstić information content (AvgIpc) is 2.91. The Labute approximate surface area is 229 Å². The topological polar surface area (TPSA) is 97.4 Å². The number of hydrogen-bond donors (Lipinski definition) is 0. The molecule has 206 valence electrons. The van der Waals surface area contributed by atoms with Crippen molar-refractivity contribution < 1.29 is 37.8 Å². The van der Waals surface area contributed by atoms with Crippen molar-refractivity contribution in [3.8, 4) is 0 Å². The van der Waals surface area contributed by atoms with Crippen LogP contribution in [0, 0.1) is 5.41 Å². The Morgan fingerprint density at radius 2 is 1.62 bits per heavy atom. The molecular weight excluding hydrogens is 516 g/mol. The van der Waals surface area contributed by atoms with Gasteiger partial charge in [-0.1, -0.05) is 60.7 Å². The molecule has 1 heterocycles. The lowest BCUT2D eigenvalue weighted by Crippen LogP contribution is -2.71. The highest BCUT2D eigenvalue weighted by atomic mass is 28.4. The van der Waals surface area contributed by atoms with Crippen LogP contribution in [0.4, 0.5) is 0 Å². The Morgan fingerprint density at radius 1 is 0.974 bits per heavy atom. The molecule has 8 nitrogen and oxygen atoms in total. The van der Waals surface area contributed by atoms with Gasteiger partial charge in [0.2, 0.25) is 19.3 Å². The van der Waals surface area contributed by atoms with Crippen molar-refractivity contribution in [1.29, 1.82) is 0 Å². The molecule has 3 atom stereocenters. The fourth-order valence-corrected chi connectivity index (χ4v) is 5.99. The molecule has 1 aliphatic carbocycles. The number of ether oxygens (including phenoxy) is 4. The zero-order valence-corrected chi connectivity index (χ0v) is 23.9. The zero-order chi connectivity index (χ0) is 28.3. The maximum atomic E-state index is 14.3. The van der Waals surface area contributed by atoms with E-state index < -0.39 is 43.2 Å². The van der Waals surface area contributed by atoms with Crippen LogP contribution in [-0.4, -0.2) is 51.5 Å². The first-order valence-electron chi connectivity index (χ1n) is 12.9. The van der Waals surface area contributed by atoms with Crippen LogP contribution in [0.25, 0.3) is 5.76 Å². The molecule has 0 spiro atoms. The van der Waals surface area contributed by atoms with Gasteiger partial charge in [-0.2, -0.15) is 0 Å². The number of ketones is 1. The van der Waals surface area contributed by atoms with Crippen LogP contribution in [0.15, 0.2) is 78.6 Å². The summed E-state index contributed by atoms with van der Waals surface area (Å²) in [5, 5.41) is 0. The predicted octanol–water partition coefficient (Wildman–Crippen LogP) is 4.81. The molecule has 0 fully saturated rings. The second-order valence-corrected chi connectivity index (χ2v) is 14.9. The number of carbonyl (C=O) groups is 3. The molecule has 39 heavy (non-hydrogen) atoms. The number of esters is 2. The quantitative estimate of drug-likeness (QED) is 0.249. The highest BCUT2D eigenvalue weighted by Crippen LogP contribution is 2.55. The van der Waals surface area contributed by atoms with E-state index in [9.17, 15) is 14.4 Å². The van der Waals surface area contributed by atoms with E-state index in [1.165, 1.54) is 13.2 Å². The molecule has 0 aromatic heterocycles. The van der Waals surface area contributed by atoms with E-state index in [1.807, 2.05) is 43.9 Å². The molecule has 0 N–H and O–H groups in total. The van der Waals surface area contributed by atoms with Gasteiger partial charge in [0.25, 0.3) is 0 Å². The Morgan fingerprint density at radius 3 is 2.21 bits per heavy atom. The smallest absolute Gasteiger partial charge is 0.352 e. The van der Waals surface area contributed by atoms with Crippen molar-refractivity contribution in [2.24, 2.45) is 5.41 Å². The summed E-state index contributed by atoms with van der Waals surface area (Å²) in [6.07, 6.45) is 1.38. The summed E-state index contributed by atoms with van der Waals surface area (Å²) in [6.45, 7) is 7.51. The van der Waals surface area contributed by atoms with Gasteiger partial charge in [-0.15, -0.1) is 0 Å². The van der Waals surface area contributed by atoms with Gasteiger partial charge < -0.3 is 23.4 Å². The molecule has 4 rings (SSSR count). The zero-order valence-electron chi connectivity index (χ0n) is 22.9. The summed E-state index contributed by atoms with van der Waals surface area (Å²) < 4.78 is 29.8. The minimum absolute atomic E-state index is 0.00321. The third kappa shape index (κ3) is 5.29. The number of rotatable bonds is 9. The third-order valence-electron chi connectivity index (χ3n) is 6.65. The van der Waals surface area contributed by atoms with Crippen molar-refractivity contribution in [2.45, 2.75) is 51.3 Å². The first-order chi connectivity index (χ1) is 18.6. The lowest BCUT2D eigenvalue weighted by molar-refractivity contribution is -0.212. The van der Waals surface area contributed by atoms with Gasteiger partial charge in [-0.05, 0) is 38.2 Å². The highest BCUT2D eigenvalue weighted by molar-refractivity contribution is 6.70. The Balaban J connectivity index is 1.92. The van der Waals surface area contributed by atoms with Crippen molar-refractivity contribution >= 4 is 31.8 Å². The fraction of sp³-hybridized carbons (Fsp3) is 0.367. The molecule has 9 heteroatoms. The van der Waals surface area contributed by atoms with Gasteiger partial charge in [-0.3, -0.25) is 9.59 Å². The van der Waals surface area contributed by atoms with Gasteiger partial charge in [0.1, 0.15) is 18.5 Å². The summed E-state index contributed by atoms with van der Waals surface area (Å²) >= 11 is 0.